The van der Waals surface area contributed by atoms with Crippen LogP contribution in [0.4, 0.5) is 5.82 Å². The Hall–Kier alpha value is -1.94. The monoisotopic (exact) mass is 365 g/mol. The maximum Gasteiger partial charge on any atom is 0.141 e. The van der Waals surface area contributed by atoms with E-state index in [1.807, 2.05) is 0 Å². The summed E-state index contributed by atoms with van der Waals surface area (Å²) in [5.74, 6) is 1.64. The molecule has 1 aromatic carbocycles. The van der Waals surface area contributed by atoms with E-state index < -0.39 is 0 Å². The van der Waals surface area contributed by atoms with Gasteiger partial charge in [0.1, 0.15) is 17.0 Å². The van der Waals surface area contributed by atoms with Gasteiger partial charge in [-0.3, -0.25) is 0 Å². The Morgan fingerprint density at radius 2 is 1.77 bits per heavy atom. The Kier molecular flexibility index (Phi) is 4.94. The minimum Gasteiger partial charge on any atom is -0.356 e. The molecular formula is C22H27N3S. The fraction of sp³-hybridized carbons (Fsp3) is 0.455. The fourth-order valence-electron chi connectivity index (χ4n) is 4.03. The number of anilines is 1. The van der Waals surface area contributed by atoms with Crippen LogP contribution in [0.2, 0.25) is 0 Å². The standard InChI is InChI=1S/C22H27N3S/c1-15(2)16-9-11-17(12-10-16)19-13-26-22-20(19)21(23-14-24-22)25(3)18-7-5-4-6-8-18/h9-15,18H,4-8H2,1-3H3. The normalized spacial score (nSPS) is 15.7. The molecule has 0 unspecified atom stereocenters. The summed E-state index contributed by atoms with van der Waals surface area (Å²) in [5, 5.41) is 3.45. The molecule has 136 valence electrons. The van der Waals surface area contributed by atoms with Gasteiger partial charge in [-0.15, -0.1) is 11.3 Å². The van der Waals surface area contributed by atoms with E-state index in [0.29, 0.717) is 12.0 Å². The molecule has 2 aromatic heterocycles. The van der Waals surface area contributed by atoms with Gasteiger partial charge in [-0.1, -0.05) is 57.4 Å². The number of aromatic nitrogens is 2. The van der Waals surface area contributed by atoms with Crippen molar-refractivity contribution >= 4 is 27.4 Å². The van der Waals surface area contributed by atoms with Gasteiger partial charge in [0.25, 0.3) is 0 Å². The minimum atomic E-state index is 0.555. The summed E-state index contributed by atoms with van der Waals surface area (Å²) in [7, 11) is 2.21. The minimum absolute atomic E-state index is 0.555. The van der Waals surface area contributed by atoms with Crippen molar-refractivity contribution in [1.82, 2.24) is 9.97 Å². The first-order valence-electron chi connectivity index (χ1n) is 9.70. The maximum absolute atomic E-state index is 4.71. The first-order chi connectivity index (χ1) is 12.6. The highest BCUT2D eigenvalue weighted by Crippen LogP contribution is 2.39. The van der Waals surface area contributed by atoms with E-state index in [1.54, 1.807) is 17.7 Å². The van der Waals surface area contributed by atoms with Crippen molar-refractivity contribution in [3.63, 3.8) is 0 Å². The second-order valence-electron chi connectivity index (χ2n) is 7.71. The summed E-state index contributed by atoms with van der Waals surface area (Å²) < 4.78 is 0. The summed E-state index contributed by atoms with van der Waals surface area (Å²) >= 11 is 1.72. The molecule has 0 spiro atoms. The smallest absolute Gasteiger partial charge is 0.141 e. The molecule has 4 rings (SSSR count). The summed E-state index contributed by atoms with van der Waals surface area (Å²) in [5.41, 5.74) is 3.90. The molecule has 0 bridgehead atoms. The van der Waals surface area contributed by atoms with E-state index in [4.69, 9.17) is 4.98 Å². The number of rotatable bonds is 4. The number of hydrogen-bond acceptors (Lipinski definition) is 4. The van der Waals surface area contributed by atoms with E-state index in [0.717, 1.165) is 10.6 Å². The molecule has 1 aliphatic carbocycles. The average molecular weight is 366 g/mol. The number of benzene rings is 1. The molecule has 0 atom stereocenters. The molecule has 0 saturated heterocycles. The Bertz CT molecular complexity index is 876. The number of fused-ring (bicyclic) bond motifs is 1. The van der Waals surface area contributed by atoms with Crippen molar-refractivity contribution in [2.75, 3.05) is 11.9 Å². The van der Waals surface area contributed by atoms with Crippen LogP contribution in [0.5, 0.6) is 0 Å². The maximum atomic E-state index is 4.71. The molecule has 0 amide bonds. The van der Waals surface area contributed by atoms with Crippen LogP contribution in [0.15, 0.2) is 36.0 Å². The number of nitrogens with zero attached hydrogens (tertiary/aromatic N) is 3. The Morgan fingerprint density at radius 1 is 1.04 bits per heavy atom. The first kappa shape index (κ1) is 17.5. The van der Waals surface area contributed by atoms with Gasteiger partial charge in [-0.2, -0.15) is 0 Å². The van der Waals surface area contributed by atoms with E-state index in [-0.39, 0.29) is 0 Å². The SMILES string of the molecule is CC(C)c1ccc(-c2csc3ncnc(N(C)C4CCCCC4)c23)cc1. The molecular weight excluding hydrogens is 338 g/mol. The van der Waals surface area contributed by atoms with Crippen molar-refractivity contribution < 1.29 is 0 Å². The predicted octanol–water partition coefficient (Wildman–Crippen LogP) is 6.25. The van der Waals surface area contributed by atoms with E-state index in [2.05, 4.69) is 60.4 Å². The Labute approximate surface area is 160 Å². The first-order valence-corrected chi connectivity index (χ1v) is 10.6. The molecule has 0 N–H and O–H groups in total. The molecule has 26 heavy (non-hydrogen) atoms. The van der Waals surface area contributed by atoms with Crippen molar-refractivity contribution in [1.29, 1.82) is 0 Å². The lowest BCUT2D eigenvalue weighted by Gasteiger charge is -2.32. The topological polar surface area (TPSA) is 29.0 Å². The molecule has 1 saturated carbocycles. The largest absolute Gasteiger partial charge is 0.356 e. The van der Waals surface area contributed by atoms with Crippen LogP contribution in [-0.4, -0.2) is 23.1 Å². The fourth-order valence-corrected chi connectivity index (χ4v) is 4.94. The lowest BCUT2D eigenvalue weighted by molar-refractivity contribution is 0.426. The zero-order chi connectivity index (χ0) is 18.1. The van der Waals surface area contributed by atoms with E-state index >= 15 is 0 Å². The van der Waals surface area contributed by atoms with Gasteiger partial charge in [-0.05, 0) is 29.9 Å². The van der Waals surface area contributed by atoms with Gasteiger partial charge in [-0.25, -0.2) is 9.97 Å². The lowest BCUT2D eigenvalue weighted by atomic mass is 9.94. The summed E-state index contributed by atoms with van der Waals surface area (Å²) in [6, 6.07) is 9.58. The third-order valence-corrected chi connectivity index (χ3v) is 6.58. The van der Waals surface area contributed by atoms with Crippen molar-refractivity contribution in [2.45, 2.75) is 57.9 Å². The van der Waals surface area contributed by atoms with Gasteiger partial charge in [0.15, 0.2) is 0 Å². The van der Waals surface area contributed by atoms with E-state index in [1.165, 1.54) is 54.2 Å². The number of thiophene rings is 1. The van der Waals surface area contributed by atoms with Gasteiger partial charge >= 0.3 is 0 Å². The number of hydrogen-bond donors (Lipinski definition) is 0. The van der Waals surface area contributed by atoms with Crippen LogP contribution in [0.25, 0.3) is 21.3 Å². The predicted molar refractivity (Wildman–Crippen MR) is 112 cm³/mol. The molecule has 3 aromatic rings. The van der Waals surface area contributed by atoms with Crippen LogP contribution < -0.4 is 4.90 Å². The van der Waals surface area contributed by atoms with Crippen LogP contribution >= 0.6 is 11.3 Å². The highest BCUT2D eigenvalue weighted by atomic mass is 32.1. The van der Waals surface area contributed by atoms with Gasteiger partial charge < -0.3 is 4.90 Å². The van der Waals surface area contributed by atoms with Crippen molar-refractivity contribution in [3.8, 4) is 11.1 Å². The second-order valence-corrected chi connectivity index (χ2v) is 8.56. The highest BCUT2D eigenvalue weighted by molar-refractivity contribution is 7.17. The van der Waals surface area contributed by atoms with Gasteiger partial charge in [0.2, 0.25) is 0 Å². The van der Waals surface area contributed by atoms with Crippen LogP contribution in [-0.2, 0) is 0 Å². The highest BCUT2D eigenvalue weighted by Gasteiger charge is 2.23. The van der Waals surface area contributed by atoms with Crippen LogP contribution in [0, 0.1) is 0 Å². The zero-order valence-electron chi connectivity index (χ0n) is 15.9. The molecule has 1 fully saturated rings. The lowest BCUT2D eigenvalue weighted by Crippen LogP contribution is -2.34. The molecule has 1 aliphatic rings. The summed E-state index contributed by atoms with van der Waals surface area (Å²) in [6.07, 6.45) is 8.29. The average Bonchev–Trinajstić information content (AvgIpc) is 3.12. The van der Waals surface area contributed by atoms with E-state index in [9.17, 15) is 0 Å². The second kappa shape index (κ2) is 7.36. The summed E-state index contributed by atoms with van der Waals surface area (Å²) in [6.45, 7) is 4.47. The van der Waals surface area contributed by atoms with Crippen molar-refractivity contribution in [2.24, 2.45) is 0 Å². The molecule has 0 radical (unpaired) electrons. The van der Waals surface area contributed by atoms with Gasteiger partial charge in [0, 0.05) is 24.0 Å². The molecule has 3 nitrogen and oxygen atoms in total. The summed E-state index contributed by atoms with van der Waals surface area (Å²) in [4.78, 5) is 12.7. The van der Waals surface area contributed by atoms with Crippen LogP contribution in [0.3, 0.4) is 0 Å². The molecule has 0 aliphatic heterocycles. The third-order valence-electron chi connectivity index (χ3n) is 5.70. The molecule has 2 heterocycles. The zero-order valence-corrected chi connectivity index (χ0v) is 16.7. The van der Waals surface area contributed by atoms with Crippen molar-refractivity contribution in [3.05, 3.63) is 41.5 Å². The van der Waals surface area contributed by atoms with Crippen LogP contribution in [0.1, 0.15) is 57.4 Å². The van der Waals surface area contributed by atoms with Gasteiger partial charge in [0.05, 0.1) is 5.39 Å². The Balaban J connectivity index is 1.76. The molecule has 4 heteroatoms. The Morgan fingerprint density at radius 3 is 2.46 bits per heavy atom. The quantitative estimate of drug-likeness (QED) is 0.547. The third kappa shape index (κ3) is 3.23.